The van der Waals surface area contributed by atoms with Crippen molar-refractivity contribution in [2.75, 3.05) is 0 Å². The molecule has 9 heavy (non-hydrogen) atoms. The van der Waals surface area contributed by atoms with E-state index in [0.717, 1.165) is 0 Å². The minimum atomic E-state index is -4.89. The van der Waals surface area contributed by atoms with Gasteiger partial charge in [-0.1, -0.05) is 11.6 Å². The highest BCUT2D eigenvalue weighted by Crippen LogP contribution is 2.02. The molecule has 0 saturated carbocycles. The molecule has 7 heteroatoms. The van der Waals surface area contributed by atoms with Crippen LogP contribution in [0.2, 0.25) is 0 Å². The van der Waals surface area contributed by atoms with Crippen molar-refractivity contribution in [1.29, 1.82) is 0 Å². The van der Waals surface area contributed by atoms with E-state index in [4.69, 9.17) is 5.11 Å². The van der Waals surface area contributed by atoms with Crippen LogP contribution in [0.25, 0.3) is 0 Å². The van der Waals surface area contributed by atoms with Crippen molar-refractivity contribution in [3.05, 3.63) is 0 Å². The van der Waals surface area contributed by atoms with Crippen molar-refractivity contribution in [3.63, 3.8) is 0 Å². The summed E-state index contributed by atoms with van der Waals surface area (Å²) < 4.78 is 26.7. The highest BCUT2D eigenvalue weighted by atomic mass is 35.5. The molecule has 1 atom stereocenters. The van der Waals surface area contributed by atoms with Crippen LogP contribution in [0.15, 0.2) is 0 Å². The molecule has 0 radical (unpaired) electrons. The van der Waals surface area contributed by atoms with Crippen LogP contribution >= 0.6 is 11.6 Å². The minimum absolute atomic E-state index is 1.85. The molecule has 0 aliphatic heterocycles. The molecule has 0 aliphatic carbocycles. The first-order chi connectivity index (χ1) is 3.85. The average molecular weight is 174 g/mol. The Morgan fingerprint density at radius 2 is 2.00 bits per heavy atom. The third-order valence-corrected chi connectivity index (χ3v) is 2.00. The third-order valence-electron chi connectivity index (χ3n) is 0.448. The molecule has 0 aromatic rings. The standard InChI is InChI=1S/C2H3ClO5S/c3-1(2(4)5)9(6,7)8/h1H,(H,4,5)(H,6,7,8)/p-1. The number of carboxylic acids is 1. The van der Waals surface area contributed by atoms with Gasteiger partial charge in [0.15, 0.2) is 0 Å². The number of rotatable bonds is 2. The van der Waals surface area contributed by atoms with E-state index in [-0.39, 0.29) is 0 Å². The maximum atomic E-state index is 9.70. The van der Waals surface area contributed by atoms with Gasteiger partial charge < -0.3 is 9.66 Å². The van der Waals surface area contributed by atoms with Crippen LogP contribution in [0.1, 0.15) is 0 Å². The predicted octanol–water partition coefficient (Wildman–Crippen LogP) is -0.819. The lowest BCUT2D eigenvalue weighted by Crippen LogP contribution is -2.23. The number of aliphatic carboxylic acids is 1. The molecule has 1 unspecified atom stereocenters. The quantitative estimate of drug-likeness (QED) is 0.435. The van der Waals surface area contributed by atoms with Crippen LogP contribution in [0.4, 0.5) is 0 Å². The zero-order chi connectivity index (χ0) is 7.65. The van der Waals surface area contributed by atoms with E-state index >= 15 is 0 Å². The Balaban J connectivity index is 4.43. The van der Waals surface area contributed by atoms with Crippen molar-refractivity contribution >= 4 is 27.7 Å². The molecule has 0 saturated heterocycles. The van der Waals surface area contributed by atoms with Crippen molar-refractivity contribution in [1.82, 2.24) is 0 Å². The van der Waals surface area contributed by atoms with Gasteiger partial charge in [0.25, 0.3) is 0 Å². The average Bonchev–Trinajstić information content (AvgIpc) is 1.62. The summed E-state index contributed by atoms with van der Waals surface area (Å²) in [6.07, 6.45) is 0. The van der Waals surface area contributed by atoms with Gasteiger partial charge in [0.05, 0.1) is 0 Å². The Kier molecular flexibility index (Phi) is 2.41. The fourth-order valence-corrected chi connectivity index (χ4v) is 0.370. The SMILES string of the molecule is O=C(O)C(Cl)S(=O)(=O)[O-]. The first-order valence-electron chi connectivity index (χ1n) is 1.67. The van der Waals surface area contributed by atoms with Crippen LogP contribution in [-0.2, 0) is 14.9 Å². The Morgan fingerprint density at radius 3 is 2.00 bits per heavy atom. The van der Waals surface area contributed by atoms with E-state index in [2.05, 4.69) is 11.6 Å². The molecule has 1 N–H and O–H groups in total. The van der Waals surface area contributed by atoms with Gasteiger partial charge in [-0.3, -0.25) is 0 Å². The molecule has 0 bridgehead atoms. The maximum absolute atomic E-state index is 9.70. The van der Waals surface area contributed by atoms with Crippen LogP contribution in [0.5, 0.6) is 0 Å². The molecular weight excluding hydrogens is 172 g/mol. The summed E-state index contributed by atoms with van der Waals surface area (Å²) >= 11 is 4.59. The third kappa shape index (κ3) is 2.64. The summed E-state index contributed by atoms with van der Waals surface area (Å²) in [6.45, 7) is 0. The summed E-state index contributed by atoms with van der Waals surface area (Å²) in [5.41, 5.74) is 0. The number of carbonyl (C=O) groups is 1. The van der Waals surface area contributed by atoms with E-state index in [1.165, 1.54) is 0 Å². The van der Waals surface area contributed by atoms with E-state index < -0.39 is 20.8 Å². The number of carboxylic acid groups (broad SMARTS) is 1. The van der Waals surface area contributed by atoms with Gasteiger partial charge in [-0.05, 0) is 0 Å². The minimum Gasteiger partial charge on any atom is -0.746 e. The molecule has 54 valence electrons. The molecule has 0 rings (SSSR count). The first kappa shape index (κ1) is 8.67. The normalized spacial score (nSPS) is 14.9. The molecule has 0 aromatic heterocycles. The lowest BCUT2D eigenvalue weighted by atomic mass is 10.8. The van der Waals surface area contributed by atoms with Crippen LogP contribution < -0.4 is 0 Å². The summed E-state index contributed by atoms with van der Waals surface area (Å²) in [4.78, 5) is 9.63. The van der Waals surface area contributed by atoms with Crippen molar-refractivity contribution < 1.29 is 22.9 Å². The molecule has 5 nitrogen and oxygen atoms in total. The lowest BCUT2D eigenvalue weighted by molar-refractivity contribution is -0.135. The number of halogens is 1. The largest absolute Gasteiger partial charge is 0.746 e. The predicted molar refractivity (Wildman–Crippen MR) is 27.0 cm³/mol. The molecule has 0 aromatic carbocycles. The Labute approximate surface area is 56.0 Å². The second-order valence-electron chi connectivity index (χ2n) is 1.15. The van der Waals surface area contributed by atoms with Gasteiger partial charge in [-0.15, -0.1) is 0 Å². The first-order valence-corrected chi connectivity index (χ1v) is 3.58. The van der Waals surface area contributed by atoms with Gasteiger partial charge in [-0.2, -0.15) is 0 Å². The summed E-state index contributed by atoms with van der Waals surface area (Å²) in [6, 6.07) is 0. The second-order valence-corrected chi connectivity index (χ2v) is 3.30. The van der Waals surface area contributed by atoms with Gasteiger partial charge in [0.1, 0.15) is 10.1 Å². The molecule has 0 amide bonds. The van der Waals surface area contributed by atoms with Crippen LogP contribution in [0, 0.1) is 0 Å². The molecular formula is C2H2ClO5S-. The smallest absolute Gasteiger partial charge is 0.336 e. The van der Waals surface area contributed by atoms with E-state index in [0.29, 0.717) is 0 Å². The maximum Gasteiger partial charge on any atom is 0.336 e. The van der Waals surface area contributed by atoms with E-state index in [1.807, 2.05) is 0 Å². The topological polar surface area (TPSA) is 94.5 Å². The zero-order valence-electron chi connectivity index (χ0n) is 3.94. The Bertz CT molecular complexity index is 205. The zero-order valence-corrected chi connectivity index (χ0v) is 5.52. The van der Waals surface area contributed by atoms with Crippen LogP contribution in [-0.4, -0.2) is 28.8 Å². The fourth-order valence-electron chi connectivity index (χ4n) is 0.123. The number of hydrogen-bond acceptors (Lipinski definition) is 4. The van der Waals surface area contributed by atoms with Crippen LogP contribution in [0.3, 0.4) is 0 Å². The second kappa shape index (κ2) is 2.51. The summed E-state index contributed by atoms with van der Waals surface area (Å²) in [7, 11) is -4.89. The van der Waals surface area contributed by atoms with Crippen molar-refractivity contribution in [2.24, 2.45) is 0 Å². The molecule has 0 spiro atoms. The van der Waals surface area contributed by atoms with Gasteiger partial charge in [0, 0.05) is 0 Å². The molecule has 0 heterocycles. The van der Waals surface area contributed by atoms with E-state index in [9.17, 15) is 17.8 Å². The molecule has 0 aliphatic rings. The van der Waals surface area contributed by atoms with Crippen molar-refractivity contribution in [3.8, 4) is 0 Å². The lowest BCUT2D eigenvalue weighted by Gasteiger charge is -2.07. The van der Waals surface area contributed by atoms with Gasteiger partial charge >= 0.3 is 5.97 Å². The number of alkyl halides is 1. The highest BCUT2D eigenvalue weighted by Gasteiger charge is 2.20. The Morgan fingerprint density at radius 1 is 1.67 bits per heavy atom. The summed E-state index contributed by atoms with van der Waals surface area (Å²) in [5, 5.41) is 7.81. The fraction of sp³-hybridized carbons (Fsp3) is 0.500. The van der Waals surface area contributed by atoms with Gasteiger partial charge in [0.2, 0.25) is 4.71 Å². The van der Waals surface area contributed by atoms with Crippen molar-refractivity contribution in [2.45, 2.75) is 4.71 Å². The molecule has 0 fully saturated rings. The van der Waals surface area contributed by atoms with Gasteiger partial charge in [-0.25, -0.2) is 13.2 Å². The monoisotopic (exact) mass is 173 g/mol. The Hall–Kier alpha value is -0.330. The van der Waals surface area contributed by atoms with E-state index in [1.54, 1.807) is 0 Å². The number of hydrogen-bond donors (Lipinski definition) is 1. The highest BCUT2D eigenvalue weighted by molar-refractivity contribution is 7.88. The summed E-state index contributed by atoms with van der Waals surface area (Å²) in [5.74, 6) is -1.85.